The van der Waals surface area contributed by atoms with Gasteiger partial charge in [-0.05, 0) is 6.08 Å². The fraction of sp³-hybridized carbons (Fsp3) is 0.400. The summed E-state index contributed by atoms with van der Waals surface area (Å²) in [6.07, 6.45) is 0.980. The third-order valence-corrected chi connectivity index (χ3v) is 3.52. The Balaban J connectivity index is 4.01. The largest absolute Gasteiger partial charge is 0.351 e. The average molecular weight is 242 g/mol. The van der Waals surface area contributed by atoms with Crippen LogP contribution >= 0.6 is 0 Å². The second-order valence-corrected chi connectivity index (χ2v) is 5.04. The van der Waals surface area contributed by atoms with E-state index >= 15 is 0 Å². The Kier molecular flexibility index (Phi) is 5.35. The topological polar surface area (TPSA) is 109 Å². The number of carbonyl (C=O) groups excluding carboxylic acids is 1. The van der Waals surface area contributed by atoms with Gasteiger partial charge in [0.1, 0.15) is 0 Å². The third-order valence-electron chi connectivity index (χ3n) is 1.07. The van der Waals surface area contributed by atoms with Crippen molar-refractivity contribution >= 4 is 26.8 Å². The number of nitrogens with one attached hydrogen (secondary N) is 2. The van der Waals surface area contributed by atoms with Crippen LogP contribution in [0.1, 0.15) is 0 Å². The smallest absolute Gasteiger partial charge is 0.243 e. The van der Waals surface area contributed by atoms with E-state index in [9.17, 15) is 21.6 Å². The molecule has 2 N–H and O–H groups in total. The van der Waals surface area contributed by atoms with E-state index < -0.39 is 32.6 Å². The molecule has 0 aromatic rings. The van der Waals surface area contributed by atoms with Crippen LogP contribution in [0.5, 0.6) is 0 Å². The summed E-state index contributed by atoms with van der Waals surface area (Å²) < 4.78 is 43.1. The zero-order valence-corrected chi connectivity index (χ0v) is 8.81. The molecule has 0 aliphatic carbocycles. The van der Waals surface area contributed by atoms with Crippen molar-refractivity contribution in [2.24, 2.45) is 0 Å². The van der Waals surface area contributed by atoms with Crippen molar-refractivity contribution in [3.05, 3.63) is 12.7 Å². The SMILES string of the molecule is C=CC(=O)NCCS(=O)(=O)N[SH](=O)=O. The molecule has 0 aliphatic heterocycles. The molecule has 0 atom stereocenters. The lowest BCUT2D eigenvalue weighted by Gasteiger charge is -2.01. The molecule has 0 spiro atoms. The van der Waals surface area contributed by atoms with Gasteiger partial charge in [0.05, 0.1) is 5.75 Å². The number of hydrogen-bond acceptors (Lipinski definition) is 5. The van der Waals surface area contributed by atoms with Crippen LogP contribution < -0.4 is 9.44 Å². The van der Waals surface area contributed by atoms with Gasteiger partial charge in [0.2, 0.25) is 26.8 Å². The number of hydrogen-bond donors (Lipinski definition) is 3. The molecule has 7 nitrogen and oxygen atoms in total. The summed E-state index contributed by atoms with van der Waals surface area (Å²) in [6, 6.07) is 0. The lowest BCUT2D eigenvalue weighted by Crippen LogP contribution is -2.33. The number of sulfonamides is 1. The number of thiol groups is 1. The highest BCUT2D eigenvalue weighted by molar-refractivity contribution is 7.98. The van der Waals surface area contributed by atoms with Gasteiger partial charge in [-0.1, -0.05) is 6.58 Å². The lowest BCUT2D eigenvalue weighted by molar-refractivity contribution is -0.116. The molecule has 0 radical (unpaired) electrons. The highest BCUT2D eigenvalue weighted by atomic mass is 32.3. The fourth-order valence-corrected chi connectivity index (χ4v) is 2.18. The highest BCUT2D eigenvalue weighted by Gasteiger charge is 2.10. The van der Waals surface area contributed by atoms with Crippen molar-refractivity contribution in [3.8, 4) is 0 Å². The Bertz CT molecular complexity index is 375. The standard InChI is InChI=1S/C5H10N2O5S2/c1-2-5(8)6-3-4-14(11,12)7-13(9)10/h2,13H,1,3-4H2,(H,6,8)(H,7,9,10). The van der Waals surface area contributed by atoms with E-state index in [0.717, 1.165) is 6.08 Å². The van der Waals surface area contributed by atoms with E-state index in [2.05, 4.69) is 11.9 Å². The monoisotopic (exact) mass is 242 g/mol. The first-order valence-corrected chi connectivity index (χ1v) is 6.25. The van der Waals surface area contributed by atoms with Crippen molar-refractivity contribution in [3.63, 3.8) is 0 Å². The molecule has 0 saturated carbocycles. The minimum atomic E-state index is -3.88. The number of rotatable bonds is 6. The molecule has 0 aromatic carbocycles. The van der Waals surface area contributed by atoms with Gasteiger partial charge in [-0.3, -0.25) is 4.79 Å². The zero-order chi connectivity index (χ0) is 11.2. The molecule has 0 aromatic heterocycles. The van der Waals surface area contributed by atoms with E-state index in [0.29, 0.717) is 0 Å². The molecule has 0 saturated heterocycles. The van der Waals surface area contributed by atoms with Gasteiger partial charge in [-0.15, -0.1) is 4.13 Å². The molecular weight excluding hydrogens is 232 g/mol. The summed E-state index contributed by atoms with van der Waals surface area (Å²) >= 11 is 0. The quantitative estimate of drug-likeness (QED) is 0.359. The van der Waals surface area contributed by atoms with Crippen LogP contribution in [-0.4, -0.2) is 35.0 Å². The van der Waals surface area contributed by atoms with Crippen LogP contribution in [0.25, 0.3) is 0 Å². The third kappa shape index (κ3) is 6.57. The molecule has 82 valence electrons. The Hall–Kier alpha value is -0.930. The lowest BCUT2D eigenvalue weighted by atomic mass is 10.6. The van der Waals surface area contributed by atoms with E-state index in [4.69, 9.17) is 0 Å². The summed E-state index contributed by atoms with van der Waals surface area (Å²) in [4.78, 5) is 10.6. The van der Waals surface area contributed by atoms with E-state index in [1.165, 1.54) is 4.13 Å². The Morgan fingerprint density at radius 3 is 2.43 bits per heavy atom. The molecule has 0 aliphatic rings. The summed E-state index contributed by atoms with van der Waals surface area (Å²) in [7, 11) is -7.07. The first kappa shape index (κ1) is 13.1. The van der Waals surface area contributed by atoms with Crippen molar-refractivity contribution < 1.29 is 21.6 Å². The van der Waals surface area contributed by atoms with Crippen molar-refractivity contribution in [2.75, 3.05) is 12.3 Å². The molecule has 14 heavy (non-hydrogen) atoms. The summed E-state index contributed by atoms with van der Waals surface area (Å²) in [5.74, 6) is -1.03. The Labute approximate surface area is 83.3 Å². The van der Waals surface area contributed by atoms with E-state index in [1.807, 2.05) is 0 Å². The average Bonchev–Trinajstić information content (AvgIpc) is 2.01. The molecule has 9 heteroatoms. The first-order valence-electron chi connectivity index (χ1n) is 3.42. The van der Waals surface area contributed by atoms with Gasteiger partial charge >= 0.3 is 0 Å². The van der Waals surface area contributed by atoms with Crippen LogP contribution in [0, 0.1) is 0 Å². The maximum atomic E-state index is 10.8. The van der Waals surface area contributed by atoms with Crippen LogP contribution in [0.2, 0.25) is 0 Å². The summed E-state index contributed by atoms with van der Waals surface area (Å²) in [5, 5.41) is 2.19. The minimum absolute atomic E-state index is 0.177. The number of amides is 1. The van der Waals surface area contributed by atoms with Gasteiger partial charge in [-0.2, -0.15) is 0 Å². The van der Waals surface area contributed by atoms with Gasteiger partial charge in [-0.25, -0.2) is 16.8 Å². The Morgan fingerprint density at radius 2 is 2.00 bits per heavy atom. The molecule has 0 bridgehead atoms. The number of carbonyl (C=O) groups is 1. The molecular formula is C5H10N2O5S2. The first-order chi connectivity index (χ1) is 6.37. The van der Waals surface area contributed by atoms with E-state index in [-0.39, 0.29) is 6.54 Å². The fourth-order valence-electron chi connectivity index (χ4n) is 0.540. The highest BCUT2D eigenvalue weighted by Crippen LogP contribution is 1.81. The molecule has 0 unspecified atom stereocenters. The summed E-state index contributed by atoms with van der Waals surface area (Å²) in [6.45, 7) is 2.97. The van der Waals surface area contributed by atoms with E-state index in [1.54, 1.807) is 0 Å². The maximum Gasteiger partial charge on any atom is 0.243 e. The van der Waals surface area contributed by atoms with Gasteiger partial charge in [0.25, 0.3) is 0 Å². The van der Waals surface area contributed by atoms with Crippen molar-refractivity contribution in [1.82, 2.24) is 9.44 Å². The Morgan fingerprint density at radius 1 is 1.43 bits per heavy atom. The van der Waals surface area contributed by atoms with Gasteiger partial charge in [0.15, 0.2) is 0 Å². The van der Waals surface area contributed by atoms with Crippen LogP contribution in [0.15, 0.2) is 12.7 Å². The van der Waals surface area contributed by atoms with Crippen molar-refractivity contribution in [1.29, 1.82) is 0 Å². The predicted octanol–water partition coefficient (Wildman–Crippen LogP) is -2.27. The second kappa shape index (κ2) is 5.73. The van der Waals surface area contributed by atoms with Crippen molar-refractivity contribution in [2.45, 2.75) is 0 Å². The van der Waals surface area contributed by atoms with Crippen LogP contribution in [0.4, 0.5) is 0 Å². The second-order valence-electron chi connectivity index (χ2n) is 2.16. The van der Waals surface area contributed by atoms with Crippen LogP contribution in [0.3, 0.4) is 0 Å². The zero-order valence-electron chi connectivity index (χ0n) is 7.10. The van der Waals surface area contributed by atoms with Gasteiger partial charge < -0.3 is 5.32 Å². The predicted molar refractivity (Wildman–Crippen MR) is 50.4 cm³/mol. The van der Waals surface area contributed by atoms with Gasteiger partial charge in [0, 0.05) is 6.54 Å². The molecule has 0 heterocycles. The normalized spacial score (nSPS) is 11.2. The minimum Gasteiger partial charge on any atom is -0.351 e. The maximum absolute atomic E-state index is 10.8. The molecule has 1 amide bonds. The van der Waals surface area contributed by atoms with Crippen LogP contribution in [-0.2, 0) is 25.7 Å². The molecule has 0 fully saturated rings. The summed E-state index contributed by atoms with van der Waals surface area (Å²) in [5.41, 5.74) is 0. The molecule has 0 rings (SSSR count).